The maximum absolute atomic E-state index is 12.8. The van der Waals surface area contributed by atoms with Gasteiger partial charge in [0.1, 0.15) is 17.8 Å². The molecule has 0 aliphatic carbocycles. The van der Waals surface area contributed by atoms with Gasteiger partial charge in [0.05, 0.1) is 0 Å². The predicted octanol–water partition coefficient (Wildman–Crippen LogP) is 1.89. The van der Waals surface area contributed by atoms with Crippen LogP contribution in [0.25, 0.3) is 0 Å². The van der Waals surface area contributed by atoms with Crippen molar-refractivity contribution in [3.8, 4) is 0 Å². The van der Waals surface area contributed by atoms with Gasteiger partial charge >= 0.3 is 0 Å². The second-order valence-electron chi connectivity index (χ2n) is 6.72. The van der Waals surface area contributed by atoms with Crippen molar-refractivity contribution in [2.45, 2.75) is 44.1 Å². The maximum Gasteiger partial charge on any atom is 0.254 e. The number of rotatable bonds is 5. The molecule has 128 valence electrons. The average molecular weight is 328 g/mol. The van der Waals surface area contributed by atoms with Crippen molar-refractivity contribution in [3.05, 3.63) is 48.0 Å². The number of carbonyl (C=O) groups excluding carboxylic acids is 1. The van der Waals surface area contributed by atoms with Crippen molar-refractivity contribution in [1.82, 2.24) is 20.1 Å². The SMILES string of the molecule is C[C@](O)(CCc1ccccc1)C(=O)N1CCC[C@H](c2ncn[nH]2)C1. The van der Waals surface area contributed by atoms with E-state index in [1.807, 2.05) is 30.3 Å². The molecule has 1 aromatic heterocycles. The number of nitrogens with zero attached hydrogens (tertiary/aromatic N) is 3. The van der Waals surface area contributed by atoms with Crippen LogP contribution in [0.5, 0.6) is 0 Å². The molecular weight excluding hydrogens is 304 g/mol. The second kappa shape index (κ2) is 7.13. The first-order chi connectivity index (χ1) is 11.6. The van der Waals surface area contributed by atoms with Crippen LogP contribution in [0.2, 0.25) is 0 Å². The van der Waals surface area contributed by atoms with Crippen molar-refractivity contribution >= 4 is 5.91 Å². The van der Waals surface area contributed by atoms with Gasteiger partial charge in [-0.25, -0.2) is 4.98 Å². The van der Waals surface area contributed by atoms with Crippen molar-refractivity contribution in [3.63, 3.8) is 0 Å². The molecule has 0 radical (unpaired) electrons. The van der Waals surface area contributed by atoms with Gasteiger partial charge < -0.3 is 10.0 Å². The number of likely N-dealkylation sites (tertiary alicyclic amines) is 1. The number of aromatic nitrogens is 3. The quantitative estimate of drug-likeness (QED) is 0.878. The third-order valence-corrected chi connectivity index (χ3v) is 4.73. The molecule has 1 amide bonds. The number of carbonyl (C=O) groups is 1. The number of H-pyrrole nitrogens is 1. The molecule has 2 atom stereocenters. The zero-order valence-electron chi connectivity index (χ0n) is 14.0. The Bertz CT molecular complexity index is 655. The molecule has 3 rings (SSSR count). The molecule has 2 heterocycles. The molecule has 24 heavy (non-hydrogen) atoms. The number of hydrogen-bond donors (Lipinski definition) is 2. The van der Waals surface area contributed by atoms with Crippen LogP contribution in [-0.2, 0) is 11.2 Å². The molecule has 0 spiro atoms. The van der Waals surface area contributed by atoms with Crippen LogP contribution in [0, 0.1) is 0 Å². The fourth-order valence-electron chi connectivity index (χ4n) is 3.28. The van der Waals surface area contributed by atoms with Gasteiger partial charge in [-0.15, -0.1) is 0 Å². The fourth-order valence-corrected chi connectivity index (χ4v) is 3.28. The topological polar surface area (TPSA) is 82.1 Å². The molecule has 1 aliphatic heterocycles. The van der Waals surface area contributed by atoms with E-state index >= 15 is 0 Å². The maximum atomic E-state index is 12.8. The average Bonchev–Trinajstić information content (AvgIpc) is 3.15. The molecular formula is C18H24N4O2. The lowest BCUT2D eigenvalue weighted by atomic mass is 9.92. The van der Waals surface area contributed by atoms with E-state index in [4.69, 9.17) is 0 Å². The van der Waals surface area contributed by atoms with Crippen molar-refractivity contribution in [1.29, 1.82) is 0 Å². The van der Waals surface area contributed by atoms with Crippen LogP contribution >= 0.6 is 0 Å². The fraction of sp³-hybridized carbons (Fsp3) is 0.500. The van der Waals surface area contributed by atoms with Crippen LogP contribution in [0.3, 0.4) is 0 Å². The molecule has 0 unspecified atom stereocenters. The van der Waals surface area contributed by atoms with E-state index in [0.29, 0.717) is 25.9 Å². The number of aliphatic hydroxyl groups is 1. The molecule has 2 N–H and O–H groups in total. The van der Waals surface area contributed by atoms with E-state index in [2.05, 4.69) is 15.2 Å². The van der Waals surface area contributed by atoms with Crippen LogP contribution in [-0.4, -0.2) is 49.8 Å². The second-order valence-corrected chi connectivity index (χ2v) is 6.72. The summed E-state index contributed by atoms with van der Waals surface area (Å²) in [4.78, 5) is 18.8. The smallest absolute Gasteiger partial charge is 0.254 e. The Morgan fingerprint density at radius 3 is 2.92 bits per heavy atom. The number of aryl methyl sites for hydroxylation is 1. The third kappa shape index (κ3) is 3.82. The lowest BCUT2D eigenvalue weighted by Crippen LogP contribution is -2.50. The van der Waals surface area contributed by atoms with Crippen LogP contribution in [0.1, 0.15) is 43.5 Å². The van der Waals surface area contributed by atoms with E-state index in [1.165, 1.54) is 6.33 Å². The van der Waals surface area contributed by atoms with Gasteiger partial charge in [0.2, 0.25) is 0 Å². The van der Waals surface area contributed by atoms with Crippen molar-refractivity contribution < 1.29 is 9.90 Å². The van der Waals surface area contributed by atoms with Gasteiger partial charge in [-0.1, -0.05) is 30.3 Å². The minimum absolute atomic E-state index is 0.162. The Hall–Kier alpha value is -2.21. The lowest BCUT2D eigenvalue weighted by molar-refractivity contribution is -0.151. The lowest BCUT2D eigenvalue weighted by Gasteiger charge is -2.36. The van der Waals surface area contributed by atoms with Crippen LogP contribution in [0.15, 0.2) is 36.7 Å². The highest BCUT2D eigenvalue weighted by Crippen LogP contribution is 2.27. The summed E-state index contributed by atoms with van der Waals surface area (Å²) < 4.78 is 0. The van der Waals surface area contributed by atoms with E-state index < -0.39 is 5.60 Å². The minimum atomic E-state index is -1.35. The normalized spacial score (nSPS) is 20.6. The van der Waals surface area contributed by atoms with E-state index in [1.54, 1.807) is 11.8 Å². The number of amides is 1. The first-order valence-electron chi connectivity index (χ1n) is 8.47. The van der Waals surface area contributed by atoms with Gasteiger partial charge in [0.25, 0.3) is 5.91 Å². The first-order valence-corrected chi connectivity index (χ1v) is 8.47. The number of nitrogens with one attached hydrogen (secondary N) is 1. The van der Waals surface area contributed by atoms with Gasteiger partial charge in [-0.05, 0) is 38.2 Å². The zero-order chi connectivity index (χ0) is 17.0. The van der Waals surface area contributed by atoms with Crippen LogP contribution in [0.4, 0.5) is 0 Å². The Balaban J connectivity index is 1.61. The van der Waals surface area contributed by atoms with Crippen molar-refractivity contribution in [2.75, 3.05) is 13.1 Å². The molecule has 0 bridgehead atoms. The predicted molar refractivity (Wildman–Crippen MR) is 90.3 cm³/mol. The molecule has 1 aliphatic rings. The molecule has 1 fully saturated rings. The first kappa shape index (κ1) is 16.6. The standard InChI is InChI=1S/C18H24N4O2/c1-18(24,10-9-14-6-3-2-4-7-14)17(23)22-11-5-8-15(12-22)16-19-13-20-21-16/h2-4,6-7,13,15,24H,5,8-12H2,1H3,(H,19,20,21)/t15-,18-/m0/s1. The molecule has 0 saturated carbocycles. The van der Waals surface area contributed by atoms with E-state index in [0.717, 1.165) is 24.2 Å². The van der Waals surface area contributed by atoms with Crippen molar-refractivity contribution in [2.24, 2.45) is 0 Å². The van der Waals surface area contributed by atoms with Gasteiger partial charge in [0, 0.05) is 19.0 Å². The Kier molecular flexibility index (Phi) is 4.94. The zero-order valence-corrected chi connectivity index (χ0v) is 14.0. The minimum Gasteiger partial charge on any atom is -0.380 e. The monoisotopic (exact) mass is 328 g/mol. The molecule has 1 saturated heterocycles. The summed E-state index contributed by atoms with van der Waals surface area (Å²) >= 11 is 0. The number of piperidine rings is 1. The Morgan fingerprint density at radius 1 is 1.42 bits per heavy atom. The van der Waals surface area contributed by atoms with Crippen LogP contribution < -0.4 is 0 Å². The molecule has 2 aromatic rings. The summed E-state index contributed by atoms with van der Waals surface area (Å²) in [7, 11) is 0. The molecule has 1 aromatic carbocycles. The highest BCUT2D eigenvalue weighted by atomic mass is 16.3. The summed E-state index contributed by atoms with van der Waals surface area (Å²) in [5.41, 5.74) is -0.220. The Labute approximate surface area is 141 Å². The number of aromatic amines is 1. The Morgan fingerprint density at radius 2 is 2.21 bits per heavy atom. The van der Waals surface area contributed by atoms with Gasteiger partial charge in [0.15, 0.2) is 0 Å². The summed E-state index contributed by atoms with van der Waals surface area (Å²) in [6.45, 7) is 2.89. The van der Waals surface area contributed by atoms with Gasteiger partial charge in [-0.3, -0.25) is 9.89 Å². The van der Waals surface area contributed by atoms with E-state index in [-0.39, 0.29) is 11.8 Å². The summed E-state index contributed by atoms with van der Waals surface area (Å²) in [5, 5.41) is 17.5. The van der Waals surface area contributed by atoms with E-state index in [9.17, 15) is 9.90 Å². The summed E-state index contributed by atoms with van der Waals surface area (Å²) in [6.07, 6.45) is 4.47. The number of benzene rings is 1. The molecule has 6 nitrogen and oxygen atoms in total. The van der Waals surface area contributed by atoms with Gasteiger partial charge in [-0.2, -0.15) is 5.10 Å². The third-order valence-electron chi connectivity index (χ3n) is 4.73. The molecule has 6 heteroatoms. The summed E-state index contributed by atoms with van der Waals surface area (Å²) in [6, 6.07) is 9.93. The highest BCUT2D eigenvalue weighted by Gasteiger charge is 2.36. The highest BCUT2D eigenvalue weighted by molar-refractivity contribution is 5.84. The number of hydrogen-bond acceptors (Lipinski definition) is 4. The summed E-state index contributed by atoms with van der Waals surface area (Å²) in [5.74, 6) is 0.786. The largest absolute Gasteiger partial charge is 0.380 e.